The van der Waals surface area contributed by atoms with E-state index in [9.17, 15) is 18.3 Å². The van der Waals surface area contributed by atoms with Crippen LogP contribution in [0.25, 0.3) is 0 Å². The fourth-order valence-electron chi connectivity index (χ4n) is 1.86. The molecule has 0 saturated carbocycles. The summed E-state index contributed by atoms with van der Waals surface area (Å²) in [6.07, 6.45) is 0. The third-order valence-electron chi connectivity index (χ3n) is 2.85. The normalized spacial score (nSPS) is 11.1. The van der Waals surface area contributed by atoms with Crippen molar-refractivity contribution in [2.75, 3.05) is 5.32 Å². The number of nitrogens with one attached hydrogen (secondary N) is 1. The summed E-state index contributed by atoms with van der Waals surface area (Å²) in [5.41, 5.74) is 1.85. The lowest BCUT2D eigenvalue weighted by molar-refractivity contribution is 0.0697. The van der Waals surface area contributed by atoms with E-state index < -0.39 is 16.0 Å². The van der Waals surface area contributed by atoms with Crippen LogP contribution in [0.4, 0.5) is 11.4 Å². The van der Waals surface area contributed by atoms with E-state index in [1.807, 2.05) is 25.1 Å². The minimum Gasteiger partial charge on any atom is -0.478 e. The van der Waals surface area contributed by atoms with Gasteiger partial charge in [-0.25, -0.2) is 18.4 Å². The standard InChI is InChI=1S/C14H14N2O4S/c1-9-3-2-4-10(7-9)16-13-6-5-11(21(15,19)20)8-12(13)14(17)18/h2-8,16H,1H3,(H,17,18)(H2,15,19,20). The number of nitrogens with two attached hydrogens (primary N) is 1. The number of rotatable bonds is 4. The first-order chi connectivity index (χ1) is 9.77. The molecule has 2 aromatic rings. The zero-order chi connectivity index (χ0) is 15.6. The number of carbonyl (C=O) groups is 1. The Bertz CT molecular complexity index is 800. The molecule has 21 heavy (non-hydrogen) atoms. The van der Waals surface area contributed by atoms with Gasteiger partial charge in [0.25, 0.3) is 0 Å². The van der Waals surface area contributed by atoms with Crippen molar-refractivity contribution in [1.82, 2.24) is 0 Å². The Labute approximate surface area is 122 Å². The fraction of sp³-hybridized carbons (Fsp3) is 0.0714. The lowest BCUT2D eigenvalue weighted by atomic mass is 10.1. The molecule has 2 rings (SSSR count). The van der Waals surface area contributed by atoms with Crippen LogP contribution in [-0.4, -0.2) is 19.5 Å². The fourth-order valence-corrected chi connectivity index (χ4v) is 2.40. The molecule has 0 aliphatic rings. The highest BCUT2D eigenvalue weighted by atomic mass is 32.2. The van der Waals surface area contributed by atoms with Crippen LogP contribution in [0.3, 0.4) is 0 Å². The van der Waals surface area contributed by atoms with Gasteiger partial charge in [-0.2, -0.15) is 0 Å². The molecule has 2 aromatic carbocycles. The molecule has 7 heteroatoms. The third kappa shape index (κ3) is 3.59. The molecule has 4 N–H and O–H groups in total. The molecular weight excluding hydrogens is 292 g/mol. The SMILES string of the molecule is Cc1cccc(Nc2ccc(S(N)(=O)=O)cc2C(=O)O)c1. The Morgan fingerprint density at radius 1 is 1.19 bits per heavy atom. The molecule has 0 aliphatic carbocycles. The van der Waals surface area contributed by atoms with Gasteiger partial charge in [-0.05, 0) is 42.8 Å². The number of benzene rings is 2. The molecule has 0 spiro atoms. The Hall–Kier alpha value is -2.38. The smallest absolute Gasteiger partial charge is 0.337 e. The van der Waals surface area contributed by atoms with Crippen LogP contribution in [0.5, 0.6) is 0 Å². The monoisotopic (exact) mass is 306 g/mol. The molecule has 0 amide bonds. The maximum Gasteiger partial charge on any atom is 0.337 e. The number of hydrogen-bond acceptors (Lipinski definition) is 4. The number of hydrogen-bond donors (Lipinski definition) is 3. The van der Waals surface area contributed by atoms with Crippen LogP contribution in [0, 0.1) is 6.92 Å². The van der Waals surface area contributed by atoms with E-state index in [0.29, 0.717) is 11.4 Å². The van der Waals surface area contributed by atoms with Crippen LogP contribution in [-0.2, 0) is 10.0 Å². The topological polar surface area (TPSA) is 109 Å². The molecule has 0 saturated heterocycles. The molecule has 110 valence electrons. The van der Waals surface area contributed by atoms with Crippen LogP contribution in [0.2, 0.25) is 0 Å². The summed E-state index contributed by atoms with van der Waals surface area (Å²) in [5.74, 6) is -1.24. The Kier molecular flexibility index (Phi) is 3.97. The average molecular weight is 306 g/mol. The third-order valence-corrected chi connectivity index (χ3v) is 3.76. The highest BCUT2D eigenvalue weighted by molar-refractivity contribution is 7.89. The first kappa shape index (κ1) is 15.0. The van der Waals surface area contributed by atoms with Crippen molar-refractivity contribution < 1.29 is 18.3 Å². The predicted octanol–water partition coefficient (Wildman–Crippen LogP) is 2.08. The maximum absolute atomic E-state index is 11.3. The zero-order valence-electron chi connectivity index (χ0n) is 11.2. The molecule has 0 aliphatic heterocycles. The van der Waals surface area contributed by atoms with Crippen LogP contribution >= 0.6 is 0 Å². The van der Waals surface area contributed by atoms with Crippen molar-refractivity contribution in [2.45, 2.75) is 11.8 Å². The number of primary sulfonamides is 1. The molecule has 0 radical (unpaired) electrons. The zero-order valence-corrected chi connectivity index (χ0v) is 12.0. The summed E-state index contributed by atoms with van der Waals surface area (Å²) < 4.78 is 22.6. The van der Waals surface area contributed by atoms with Gasteiger partial charge in [-0.1, -0.05) is 12.1 Å². The summed E-state index contributed by atoms with van der Waals surface area (Å²) >= 11 is 0. The number of sulfonamides is 1. The van der Waals surface area contributed by atoms with Gasteiger partial charge in [0.15, 0.2) is 0 Å². The summed E-state index contributed by atoms with van der Waals surface area (Å²) in [4.78, 5) is 11.0. The lowest BCUT2D eigenvalue weighted by Gasteiger charge is -2.11. The lowest BCUT2D eigenvalue weighted by Crippen LogP contribution is -2.13. The maximum atomic E-state index is 11.3. The number of carboxylic acids is 1. The van der Waals surface area contributed by atoms with Gasteiger partial charge in [-0.15, -0.1) is 0 Å². The largest absolute Gasteiger partial charge is 0.478 e. The minimum atomic E-state index is -3.95. The molecule has 0 unspecified atom stereocenters. The molecule has 0 bridgehead atoms. The van der Waals surface area contributed by atoms with Gasteiger partial charge in [0.1, 0.15) is 0 Å². The highest BCUT2D eigenvalue weighted by Crippen LogP contribution is 2.24. The van der Waals surface area contributed by atoms with Crippen molar-refractivity contribution >= 4 is 27.4 Å². The molecule has 0 heterocycles. The van der Waals surface area contributed by atoms with Gasteiger partial charge in [-0.3, -0.25) is 0 Å². The summed E-state index contributed by atoms with van der Waals surface area (Å²) in [6.45, 7) is 1.91. The van der Waals surface area contributed by atoms with Crippen LogP contribution < -0.4 is 10.5 Å². The Balaban J connectivity index is 2.47. The predicted molar refractivity (Wildman–Crippen MR) is 79.2 cm³/mol. The highest BCUT2D eigenvalue weighted by Gasteiger charge is 2.16. The van der Waals surface area contributed by atoms with Gasteiger partial charge in [0, 0.05) is 5.69 Å². The molecular formula is C14H14N2O4S. The van der Waals surface area contributed by atoms with Crippen molar-refractivity contribution in [3.63, 3.8) is 0 Å². The van der Waals surface area contributed by atoms with Gasteiger partial charge < -0.3 is 10.4 Å². The van der Waals surface area contributed by atoms with Gasteiger partial charge in [0.2, 0.25) is 10.0 Å². The van der Waals surface area contributed by atoms with Crippen molar-refractivity contribution in [3.05, 3.63) is 53.6 Å². The average Bonchev–Trinajstić information content (AvgIpc) is 2.37. The van der Waals surface area contributed by atoms with E-state index in [4.69, 9.17) is 5.14 Å². The number of carboxylic acid groups (broad SMARTS) is 1. The number of aromatic carboxylic acids is 1. The quantitative estimate of drug-likeness (QED) is 0.801. The van der Waals surface area contributed by atoms with Gasteiger partial charge in [0.05, 0.1) is 16.1 Å². The van der Waals surface area contributed by atoms with Crippen LogP contribution in [0.1, 0.15) is 15.9 Å². The van der Waals surface area contributed by atoms with E-state index in [0.717, 1.165) is 11.6 Å². The molecule has 0 fully saturated rings. The summed E-state index contributed by atoms with van der Waals surface area (Å²) in [5, 5.41) is 17.2. The van der Waals surface area contributed by atoms with E-state index >= 15 is 0 Å². The van der Waals surface area contributed by atoms with E-state index in [2.05, 4.69) is 5.32 Å². The Morgan fingerprint density at radius 3 is 2.48 bits per heavy atom. The van der Waals surface area contributed by atoms with E-state index in [1.54, 1.807) is 6.07 Å². The first-order valence-corrected chi connectivity index (χ1v) is 7.56. The summed E-state index contributed by atoms with van der Waals surface area (Å²) in [7, 11) is -3.95. The summed E-state index contributed by atoms with van der Waals surface area (Å²) in [6, 6.07) is 11.1. The Morgan fingerprint density at radius 2 is 1.90 bits per heavy atom. The molecule has 6 nitrogen and oxygen atoms in total. The molecule has 0 aromatic heterocycles. The second-order valence-electron chi connectivity index (χ2n) is 4.55. The minimum absolute atomic E-state index is 0.164. The van der Waals surface area contributed by atoms with Crippen LogP contribution in [0.15, 0.2) is 47.4 Å². The van der Waals surface area contributed by atoms with E-state index in [1.165, 1.54) is 12.1 Å². The van der Waals surface area contributed by atoms with E-state index in [-0.39, 0.29) is 10.5 Å². The van der Waals surface area contributed by atoms with Crippen molar-refractivity contribution in [3.8, 4) is 0 Å². The second kappa shape index (κ2) is 5.55. The van der Waals surface area contributed by atoms with Crippen molar-refractivity contribution in [1.29, 1.82) is 0 Å². The molecule has 0 atom stereocenters. The van der Waals surface area contributed by atoms with Gasteiger partial charge >= 0.3 is 5.97 Å². The number of aryl methyl sites for hydroxylation is 1. The first-order valence-electron chi connectivity index (χ1n) is 6.01. The number of anilines is 2. The second-order valence-corrected chi connectivity index (χ2v) is 6.11. The van der Waals surface area contributed by atoms with Crippen molar-refractivity contribution in [2.24, 2.45) is 5.14 Å².